The van der Waals surface area contributed by atoms with Crippen molar-refractivity contribution in [1.29, 1.82) is 0 Å². The van der Waals surface area contributed by atoms with E-state index in [1.807, 2.05) is 0 Å². The first kappa shape index (κ1) is 24.3. The second-order valence-corrected chi connectivity index (χ2v) is 11.7. The molecule has 1 aromatic rings. The van der Waals surface area contributed by atoms with Gasteiger partial charge in [-0.25, -0.2) is 0 Å². The van der Waals surface area contributed by atoms with Gasteiger partial charge in [0.2, 0.25) is 0 Å². The van der Waals surface area contributed by atoms with E-state index in [-0.39, 0.29) is 6.67 Å². The molecule has 0 bridgehead atoms. The fraction of sp³-hybridized carbons (Fsp3) is 0.806. The van der Waals surface area contributed by atoms with E-state index < -0.39 is 0 Å². The molecule has 0 aliphatic heterocycles. The third-order valence-electron chi connectivity index (χ3n) is 9.80. The minimum absolute atomic E-state index is 0.119. The van der Waals surface area contributed by atoms with E-state index in [1.165, 1.54) is 102 Å². The van der Waals surface area contributed by atoms with Crippen molar-refractivity contribution in [2.75, 3.05) is 6.67 Å². The highest BCUT2D eigenvalue weighted by atomic mass is 19.1. The van der Waals surface area contributed by atoms with Gasteiger partial charge in [-0.1, -0.05) is 63.3 Å². The number of unbranched alkanes of at least 4 members (excludes halogenated alkanes) is 1. The zero-order chi connectivity index (χ0) is 22.2. The van der Waals surface area contributed by atoms with Crippen LogP contribution in [-0.4, -0.2) is 6.67 Å². The summed E-state index contributed by atoms with van der Waals surface area (Å²) in [6.45, 7) is 2.15. The highest BCUT2D eigenvalue weighted by molar-refractivity contribution is 5.26. The van der Waals surface area contributed by atoms with Crippen molar-refractivity contribution in [3.8, 4) is 0 Å². The summed E-state index contributed by atoms with van der Waals surface area (Å²) in [5.74, 6) is 5.80. The van der Waals surface area contributed by atoms with Gasteiger partial charge < -0.3 is 0 Å². The molecule has 0 atom stereocenters. The van der Waals surface area contributed by atoms with Gasteiger partial charge in [-0.05, 0) is 124 Å². The zero-order valence-electron chi connectivity index (χ0n) is 20.9. The summed E-state index contributed by atoms with van der Waals surface area (Å²) in [5, 5.41) is 0. The second kappa shape index (κ2) is 12.6. The lowest BCUT2D eigenvalue weighted by atomic mass is 9.64. The molecule has 1 heteroatoms. The van der Waals surface area contributed by atoms with Crippen LogP contribution in [0, 0.1) is 29.6 Å². The Bertz CT molecular complexity index is 625. The molecule has 0 saturated heterocycles. The molecule has 0 heterocycles. The van der Waals surface area contributed by atoms with Crippen LogP contribution in [0.5, 0.6) is 0 Å². The summed E-state index contributed by atoms with van der Waals surface area (Å²) in [6.07, 6.45) is 23.3. The third-order valence-corrected chi connectivity index (χ3v) is 9.80. The molecule has 0 radical (unpaired) electrons. The topological polar surface area (TPSA) is 0 Å². The Balaban J connectivity index is 1.15. The van der Waals surface area contributed by atoms with E-state index in [9.17, 15) is 4.39 Å². The maximum absolute atomic E-state index is 12.4. The van der Waals surface area contributed by atoms with E-state index in [1.54, 1.807) is 5.56 Å². The summed E-state index contributed by atoms with van der Waals surface area (Å²) in [5.41, 5.74) is 3.11. The SMILES string of the molecule is CCCc1ccc(C2CCC(C3CCC([C@H]4CC[C@H](CCCCF)CC4)CC3)CC2)cc1. The van der Waals surface area contributed by atoms with Crippen molar-refractivity contribution in [3.63, 3.8) is 0 Å². The molecule has 3 fully saturated rings. The van der Waals surface area contributed by atoms with Gasteiger partial charge in [0.25, 0.3) is 0 Å². The summed E-state index contributed by atoms with van der Waals surface area (Å²) in [6, 6.07) is 9.61. The number of aryl methyl sites for hydroxylation is 1. The van der Waals surface area contributed by atoms with Gasteiger partial charge >= 0.3 is 0 Å². The number of benzene rings is 1. The van der Waals surface area contributed by atoms with Crippen LogP contribution < -0.4 is 0 Å². The molecule has 0 spiro atoms. The van der Waals surface area contributed by atoms with Crippen molar-refractivity contribution in [2.45, 2.75) is 122 Å². The highest BCUT2D eigenvalue weighted by Crippen LogP contribution is 2.47. The molecule has 0 amide bonds. The molecule has 4 rings (SSSR count). The van der Waals surface area contributed by atoms with Crippen molar-refractivity contribution in [3.05, 3.63) is 35.4 Å². The van der Waals surface area contributed by atoms with Gasteiger partial charge in [-0.2, -0.15) is 0 Å². The number of halogens is 1. The number of alkyl halides is 1. The first-order valence-corrected chi connectivity index (χ1v) is 14.4. The summed E-state index contributed by atoms with van der Waals surface area (Å²) in [4.78, 5) is 0. The molecular formula is C31H49F. The lowest BCUT2D eigenvalue weighted by Gasteiger charge is -2.41. The smallest absolute Gasteiger partial charge is 0.0894 e. The quantitative estimate of drug-likeness (QED) is 0.335. The van der Waals surface area contributed by atoms with E-state index in [0.717, 1.165) is 48.3 Å². The van der Waals surface area contributed by atoms with Gasteiger partial charge in [0.15, 0.2) is 0 Å². The van der Waals surface area contributed by atoms with E-state index in [4.69, 9.17) is 0 Å². The summed E-state index contributed by atoms with van der Waals surface area (Å²) in [7, 11) is 0. The van der Waals surface area contributed by atoms with E-state index >= 15 is 0 Å². The summed E-state index contributed by atoms with van der Waals surface area (Å²) >= 11 is 0. The van der Waals surface area contributed by atoms with Gasteiger partial charge in [0.1, 0.15) is 0 Å². The van der Waals surface area contributed by atoms with Crippen LogP contribution in [0.2, 0.25) is 0 Å². The van der Waals surface area contributed by atoms with Gasteiger partial charge in [0.05, 0.1) is 6.67 Å². The monoisotopic (exact) mass is 440 g/mol. The molecule has 3 aliphatic carbocycles. The highest BCUT2D eigenvalue weighted by Gasteiger charge is 2.34. The maximum atomic E-state index is 12.4. The van der Waals surface area contributed by atoms with Crippen LogP contribution in [-0.2, 0) is 6.42 Å². The Morgan fingerprint density at radius 2 is 1.16 bits per heavy atom. The Morgan fingerprint density at radius 1 is 0.656 bits per heavy atom. The van der Waals surface area contributed by atoms with E-state index in [2.05, 4.69) is 31.2 Å². The molecule has 0 N–H and O–H groups in total. The average molecular weight is 441 g/mol. The van der Waals surface area contributed by atoms with Crippen LogP contribution in [0.3, 0.4) is 0 Å². The standard InChI is InChI=1S/C31H49F/c1-2-5-24-7-11-26(12-8-24)28-15-19-30(20-16-28)31-21-17-29(18-22-31)27-13-9-25(10-14-27)6-3-4-23-32/h7-8,11-12,25,27-31H,2-6,9-10,13-23H2,1H3/t25-,27-,28?,29?,30?,31?. The minimum Gasteiger partial charge on any atom is -0.251 e. The van der Waals surface area contributed by atoms with Crippen LogP contribution in [0.4, 0.5) is 4.39 Å². The molecule has 180 valence electrons. The van der Waals surface area contributed by atoms with Crippen molar-refractivity contribution >= 4 is 0 Å². The van der Waals surface area contributed by atoms with Crippen molar-refractivity contribution in [1.82, 2.24) is 0 Å². The Labute approximate surface area is 198 Å². The van der Waals surface area contributed by atoms with Crippen LogP contribution in [0.15, 0.2) is 24.3 Å². The fourth-order valence-electron chi connectivity index (χ4n) is 7.73. The summed E-state index contributed by atoms with van der Waals surface area (Å²) < 4.78 is 12.4. The molecule has 3 saturated carbocycles. The number of hydrogen-bond donors (Lipinski definition) is 0. The number of rotatable bonds is 9. The van der Waals surface area contributed by atoms with Crippen molar-refractivity contribution < 1.29 is 4.39 Å². The van der Waals surface area contributed by atoms with Gasteiger partial charge in [0, 0.05) is 0 Å². The first-order valence-electron chi connectivity index (χ1n) is 14.4. The van der Waals surface area contributed by atoms with Crippen molar-refractivity contribution in [2.24, 2.45) is 29.6 Å². The number of hydrogen-bond acceptors (Lipinski definition) is 0. The molecule has 0 unspecified atom stereocenters. The molecule has 1 aromatic carbocycles. The van der Waals surface area contributed by atoms with Crippen LogP contribution in [0.25, 0.3) is 0 Å². The minimum atomic E-state index is -0.119. The lowest BCUT2D eigenvalue weighted by Crippen LogP contribution is -2.29. The molecule has 0 nitrogen and oxygen atoms in total. The molecule has 3 aliphatic rings. The Hall–Kier alpha value is -0.850. The Morgan fingerprint density at radius 3 is 1.66 bits per heavy atom. The average Bonchev–Trinajstić information content (AvgIpc) is 2.86. The zero-order valence-corrected chi connectivity index (χ0v) is 20.9. The van der Waals surface area contributed by atoms with E-state index in [0.29, 0.717) is 0 Å². The Kier molecular flexibility index (Phi) is 9.54. The second-order valence-electron chi connectivity index (χ2n) is 11.7. The van der Waals surface area contributed by atoms with Crippen LogP contribution in [0.1, 0.15) is 127 Å². The molecule has 0 aromatic heterocycles. The third kappa shape index (κ3) is 6.60. The van der Waals surface area contributed by atoms with Gasteiger partial charge in [-0.15, -0.1) is 0 Å². The lowest BCUT2D eigenvalue weighted by molar-refractivity contribution is 0.108. The van der Waals surface area contributed by atoms with Gasteiger partial charge in [-0.3, -0.25) is 4.39 Å². The largest absolute Gasteiger partial charge is 0.251 e. The first-order chi connectivity index (χ1) is 15.8. The predicted molar refractivity (Wildman–Crippen MR) is 136 cm³/mol. The maximum Gasteiger partial charge on any atom is 0.0894 e. The molecule has 32 heavy (non-hydrogen) atoms. The molecular weight excluding hydrogens is 391 g/mol. The van der Waals surface area contributed by atoms with Crippen LogP contribution >= 0.6 is 0 Å². The normalized spacial score (nSPS) is 33.8. The predicted octanol–water partition coefficient (Wildman–Crippen LogP) is 9.67. The fourth-order valence-corrected chi connectivity index (χ4v) is 7.73.